The molecule has 134 valence electrons. The topological polar surface area (TPSA) is 46.6 Å². The molecule has 25 heavy (non-hydrogen) atoms. The third-order valence-electron chi connectivity index (χ3n) is 3.36. The molecule has 0 saturated carbocycles. The maximum atomic E-state index is 12.1. The molecular weight excluding hydrogens is 355 g/mol. The lowest BCUT2D eigenvalue weighted by Crippen LogP contribution is -2.26. The molecule has 0 aliphatic carbocycles. The van der Waals surface area contributed by atoms with E-state index in [9.17, 15) is 22.8 Å². The van der Waals surface area contributed by atoms with Gasteiger partial charge in [-0.25, -0.2) is 0 Å². The Morgan fingerprint density at radius 1 is 1.12 bits per heavy atom. The van der Waals surface area contributed by atoms with E-state index >= 15 is 0 Å². The average Bonchev–Trinajstić information content (AvgIpc) is 3.07. The van der Waals surface area contributed by atoms with Gasteiger partial charge in [-0.15, -0.1) is 24.5 Å². The first kappa shape index (κ1) is 19.0. The molecule has 0 radical (unpaired) electrons. The molecule has 0 atom stereocenters. The van der Waals surface area contributed by atoms with Crippen LogP contribution in [0.15, 0.2) is 41.8 Å². The number of rotatable bonds is 7. The second-order valence-corrected chi connectivity index (χ2v) is 6.29. The van der Waals surface area contributed by atoms with E-state index in [1.165, 1.54) is 40.5 Å². The van der Waals surface area contributed by atoms with Crippen molar-refractivity contribution in [2.45, 2.75) is 25.7 Å². The second-order valence-electron chi connectivity index (χ2n) is 5.34. The number of Topliss-reactive ketones (excluding diaryl/α,β-unsaturated/α-hetero) is 1. The van der Waals surface area contributed by atoms with Gasteiger partial charge in [0.25, 0.3) is 0 Å². The molecule has 1 aromatic carbocycles. The quantitative estimate of drug-likeness (QED) is 0.683. The molecule has 1 heterocycles. The van der Waals surface area contributed by atoms with E-state index in [4.69, 9.17) is 0 Å². The van der Waals surface area contributed by atoms with Crippen molar-refractivity contribution in [1.82, 2.24) is 4.90 Å². The van der Waals surface area contributed by atoms with E-state index in [0.29, 0.717) is 10.4 Å². The molecule has 0 unspecified atom stereocenters. The van der Waals surface area contributed by atoms with Crippen LogP contribution in [0.1, 0.15) is 28.1 Å². The Morgan fingerprint density at radius 3 is 2.36 bits per heavy atom. The van der Waals surface area contributed by atoms with E-state index in [-0.39, 0.29) is 36.8 Å². The monoisotopic (exact) mass is 371 g/mol. The molecule has 0 bridgehead atoms. The van der Waals surface area contributed by atoms with Crippen LogP contribution in [-0.2, 0) is 11.3 Å². The highest BCUT2D eigenvalue weighted by molar-refractivity contribution is 7.12. The Morgan fingerprint density at radius 2 is 1.80 bits per heavy atom. The van der Waals surface area contributed by atoms with Crippen molar-refractivity contribution in [2.75, 3.05) is 7.05 Å². The van der Waals surface area contributed by atoms with Gasteiger partial charge in [0.15, 0.2) is 5.78 Å². The summed E-state index contributed by atoms with van der Waals surface area (Å²) in [7, 11) is 1.58. The van der Waals surface area contributed by atoms with Crippen molar-refractivity contribution in [3.8, 4) is 5.75 Å². The highest BCUT2D eigenvalue weighted by atomic mass is 32.1. The van der Waals surface area contributed by atoms with E-state index < -0.39 is 6.36 Å². The zero-order chi connectivity index (χ0) is 18.4. The number of carbonyl (C=O) groups is 2. The van der Waals surface area contributed by atoms with Crippen molar-refractivity contribution < 1.29 is 27.5 Å². The lowest BCUT2D eigenvalue weighted by atomic mass is 10.1. The predicted molar refractivity (Wildman–Crippen MR) is 87.5 cm³/mol. The third-order valence-corrected chi connectivity index (χ3v) is 4.28. The lowest BCUT2D eigenvalue weighted by Gasteiger charge is -2.17. The zero-order valence-electron chi connectivity index (χ0n) is 13.4. The van der Waals surface area contributed by atoms with Crippen LogP contribution in [-0.4, -0.2) is 30.0 Å². The molecule has 4 nitrogen and oxygen atoms in total. The summed E-state index contributed by atoms with van der Waals surface area (Å²) in [6.45, 7) is 0.234. The van der Waals surface area contributed by atoms with Crippen molar-refractivity contribution in [3.05, 3.63) is 52.2 Å². The first-order chi connectivity index (χ1) is 11.7. The molecule has 2 rings (SSSR count). The van der Waals surface area contributed by atoms with Crippen LogP contribution in [0.5, 0.6) is 5.75 Å². The summed E-state index contributed by atoms with van der Waals surface area (Å²) in [6, 6.07) is 8.80. The summed E-state index contributed by atoms with van der Waals surface area (Å²) < 4.78 is 40.1. The van der Waals surface area contributed by atoms with Gasteiger partial charge in [0, 0.05) is 26.4 Å². The number of carbonyl (C=O) groups excluding carboxylic acids is 2. The average molecular weight is 371 g/mol. The number of nitrogens with zero attached hydrogens (tertiary/aromatic N) is 1. The van der Waals surface area contributed by atoms with Crippen LogP contribution in [0, 0.1) is 0 Å². The Labute approximate surface area is 146 Å². The highest BCUT2D eigenvalue weighted by Gasteiger charge is 2.30. The smallest absolute Gasteiger partial charge is 0.406 e. The number of ether oxygens (including phenoxy) is 1. The number of ketones is 1. The maximum absolute atomic E-state index is 12.1. The van der Waals surface area contributed by atoms with Crippen LogP contribution in [0.25, 0.3) is 0 Å². The Bertz CT molecular complexity index is 712. The highest BCUT2D eigenvalue weighted by Crippen LogP contribution is 2.23. The van der Waals surface area contributed by atoms with Gasteiger partial charge in [0.05, 0.1) is 4.88 Å². The maximum Gasteiger partial charge on any atom is 0.573 e. The number of alkyl halides is 3. The van der Waals surface area contributed by atoms with Gasteiger partial charge < -0.3 is 9.64 Å². The molecule has 0 fully saturated rings. The molecule has 1 aromatic heterocycles. The SMILES string of the molecule is CN(Cc1ccc(OC(F)(F)F)cc1)C(=O)CCC(=O)c1cccs1. The van der Waals surface area contributed by atoms with Gasteiger partial charge in [-0.05, 0) is 29.1 Å². The van der Waals surface area contributed by atoms with E-state index in [1.807, 2.05) is 0 Å². The first-order valence-electron chi connectivity index (χ1n) is 7.40. The minimum absolute atomic E-state index is 0.0783. The van der Waals surface area contributed by atoms with Crippen LogP contribution >= 0.6 is 11.3 Å². The number of hydrogen-bond donors (Lipinski definition) is 0. The molecule has 0 N–H and O–H groups in total. The molecule has 0 aliphatic heterocycles. The second kappa shape index (κ2) is 8.15. The van der Waals surface area contributed by atoms with Crippen LogP contribution in [0.3, 0.4) is 0 Å². The summed E-state index contributed by atoms with van der Waals surface area (Å²) in [5.74, 6) is -0.599. The van der Waals surface area contributed by atoms with Gasteiger partial charge in [0.2, 0.25) is 5.91 Å². The number of hydrogen-bond acceptors (Lipinski definition) is 4. The Kier molecular flexibility index (Phi) is 6.19. The van der Waals surface area contributed by atoms with Crippen molar-refractivity contribution in [3.63, 3.8) is 0 Å². The number of halogens is 3. The van der Waals surface area contributed by atoms with Crippen LogP contribution < -0.4 is 4.74 Å². The summed E-state index contributed by atoms with van der Waals surface area (Å²) >= 11 is 1.33. The molecule has 1 amide bonds. The fourth-order valence-corrected chi connectivity index (χ4v) is 2.82. The number of amides is 1. The van der Waals surface area contributed by atoms with Gasteiger partial charge in [-0.2, -0.15) is 0 Å². The largest absolute Gasteiger partial charge is 0.573 e. The summed E-state index contributed by atoms with van der Waals surface area (Å²) in [4.78, 5) is 26.0. The fourth-order valence-electron chi connectivity index (χ4n) is 2.13. The molecule has 0 aliphatic rings. The minimum atomic E-state index is -4.73. The van der Waals surface area contributed by atoms with Gasteiger partial charge >= 0.3 is 6.36 Å². The first-order valence-corrected chi connectivity index (χ1v) is 8.28. The standard InChI is InChI=1S/C17H16F3NO3S/c1-21(16(23)9-8-14(22)15-3-2-10-25-15)11-12-4-6-13(7-5-12)24-17(18,19)20/h2-7,10H,8-9,11H2,1H3. The van der Waals surface area contributed by atoms with E-state index in [2.05, 4.69) is 4.74 Å². The normalized spacial score (nSPS) is 11.2. The Balaban J connectivity index is 1.83. The third kappa shape index (κ3) is 6.22. The molecule has 8 heteroatoms. The lowest BCUT2D eigenvalue weighted by molar-refractivity contribution is -0.274. The summed E-state index contributed by atoms with van der Waals surface area (Å²) in [5, 5.41) is 1.80. The van der Waals surface area contributed by atoms with Gasteiger partial charge in [0.1, 0.15) is 5.75 Å². The van der Waals surface area contributed by atoms with E-state index in [1.54, 1.807) is 24.6 Å². The Hall–Kier alpha value is -2.35. The summed E-state index contributed by atoms with van der Waals surface area (Å²) in [5.41, 5.74) is 0.662. The van der Waals surface area contributed by atoms with Crippen LogP contribution in [0.4, 0.5) is 13.2 Å². The zero-order valence-corrected chi connectivity index (χ0v) is 14.2. The van der Waals surface area contributed by atoms with Crippen LogP contribution in [0.2, 0.25) is 0 Å². The van der Waals surface area contributed by atoms with Gasteiger partial charge in [-0.3, -0.25) is 9.59 Å². The molecule has 2 aromatic rings. The van der Waals surface area contributed by atoms with E-state index in [0.717, 1.165) is 0 Å². The van der Waals surface area contributed by atoms with Crippen molar-refractivity contribution in [1.29, 1.82) is 0 Å². The molecular formula is C17H16F3NO3S. The number of thiophene rings is 1. The predicted octanol–water partition coefficient (Wildman–Crippen LogP) is 4.27. The fraction of sp³-hybridized carbons (Fsp3) is 0.294. The minimum Gasteiger partial charge on any atom is -0.406 e. The number of benzene rings is 1. The van der Waals surface area contributed by atoms with Gasteiger partial charge in [-0.1, -0.05) is 18.2 Å². The molecule has 0 spiro atoms. The molecule has 0 saturated heterocycles. The van der Waals surface area contributed by atoms with Crippen molar-refractivity contribution >= 4 is 23.0 Å². The van der Waals surface area contributed by atoms with Crippen molar-refractivity contribution in [2.24, 2.45) is 0 Å². The summed E-state index contributed by atoms with van der Waals surface area (Å²) in [6.07, 6.45) is -4.52.